The van der Waals surface area contributed by atoms with Crippen molar-refractivity contribution in [2.75, 3.05) is 42.7 Å². The van der Waals surface area contributed by atoms with Crippen molar-refractivity contribution in [3.63, 3.8) is 0 Å². The van der Waals surface area contributed by atoms with Gasteiger partial charge in [0.1, 0.15) is 5.75 Å². The predicted molar refractivity (Wildman–Crippen MR) is 112 cm³/mol. The summed E-state index contributed by atoms with van der Waals surface area (Å²) in [6, 6.07) is 7.46. The number of aromatic nitrogens is 1. The molecule has 3 aromatic rings. The standard InChI is InChI=1S/C21H23NO6S/c1-23-15-10-17(25-3)16(24-2)9-13(15)21-14(11-22-29-21)12-7-18(26-4)20(28-6)19(8-12)27-5/h7-11H,1-6H3. The summed E-state index contributed by atoms with van der Waals surface area (Å²) in [7, 11) is 9.55. The maximum absolute atomic E-state index is 5.60. The zero-order valence-corrected chi connectivity index (χ0v) is 18.0. The molecule has 3 rings (SSSR count). The maximum Gasteiger partial charge on any atom is 0.203 e. The molecule has 7 nitrogen and oxygen atoms in total. The van der Waals surface area contributed by atoms with Crippen molar-refractivity contribution in [1.82, 2.24) is 4.37 Å². The summed E-state index contributed by atoms with van der Waals surface area (Å²) in [5, 5.41) is 0. The van der Waals surface area contributed by atoms with Crippen molar-refractivity contribution < 1.29 is 28.4 Å². The van der Waals surface area contributed by atoms with Crippen molar-refractivity contribution in [2.45, 2.75) is 0 Å². The molecule has 0 atom stereocenters. The van der Waals surface area contributed by atoms with E-state index in [1.165, 1.54) is 11.5 Å². The Bertz CT molecular complexity index is 976. The van der Waals surface area contributed by atoms with E-state index in [9.17, 15) is 0 Å². The molecule has 0 saturated heterocycles. The first-order valence-corrected chi connectivity index (χ1v) is 9.44. The summed E-state index contributed by atoms with van der Waals surface area (Å²) >= 11 is 1.36. The minimum absolute atomic E-state index is 0.534. The highest BCUT2D eigenvalue weighted by molar-refractivity contribution is 7.10. The van der Waals surface area contributed by atoms with E-state index in [-0.39, 0.29) is 0 Å². The summed E-state index contributed by atoms with van der Waals surface area (Å²) in [5.74, 6) is 3.52. The maximum atomic E-state index is 5.60. The lowest BCUT2D eigenvalue weighted by Gasteiger charge is -2.16. The van der Waals surface area contributed by atoms with E-state index in [2.05, 4.69) is 4.37 Å². The monoisotopic (exact) mass is 417 g/mol. The van der Waals surface area contributed by atoms with Crippen LogP contribution >= 0.6 is 11.5 Å². The lowest BCUT2D eigenvalue weighted by Crippen LogP contribution is -1.96. The van der Waals surface area contributed by atoms with E-state index in [4.69, 9.17) is 28.4 Å². The molecule has 154 valence electrons. The smallest absolute Gasteiger partial charge is 0.203 e. The van der Waals surface area contributed by atoms with Crippen LogP contribution < -0.4 is 28.4 Å². The molecule has 0 bridgehead atoms. The molecule has 0 aliphatic rings. The van der Waals surface area contributed by atoms with Gasteiger partial charge in [0.05, 0.1) is 47.5 Å². The van der Waals surface area contributed by atoms with Crippen LogP contribution in [0.25, 0.3) is 21.6 Å². The first-order chi connectivity index (χ1) is 14.1. The summed E-state index contributed by atoms with van der Waals surface area (Å²) in [6.45, 7) is 0. The molecule has 0 spiro atoms. The molecular weight excluding hydrogens is 394 g/mol. The van der Waals surface area contributed by atoms with Crippen molar-refractivity contribution in [1.29, 1.82) is 0 Å². The van der Waals surface area contributed by atoms with E-state index in [1.54, 1.807) is 54.9 Å². The third-order valence-corrected chi connectivity index (χ3v) is 5.33. The van der Waals surface area contributed by atoms with Gasteiger partial charge in [-0.05, 0) is 35.3 Å². The SMILES string of the molecule is COc1cc(OC)c(-c2sncc2-c2cc(OC)c(OC)c(OC)c2)cc1OC. The van der Waals surface area contributed by atoms with Crippen LogP contribution in [0.3, 0.4) is 0 Å². The Morgan fingerprint density at radius 3 is 1.66 bits per heavy atom. The number of rotatable bonds is 8. The van der Waals surface area contributed by atoms with Crippen molar-refractivity contribution in [2.24, 2.45) is 0 Å². The average molecular weight is 417 g/mol. The van der Waals surface area contributed by atoms with Crippen molar-refractivity contribution in [3.8, 4) is 56.1 Å². The van der Waals surface area contributed by atoms with Gasteiger partial charge in [-0.2, -0.15) is 4.37 Å². The molecule has 0 N–H and O–H groups in total. The molecule has 0 fully saturated rings. The molecule has 0 amide bonds. The summed E-state index contributed by atoms with van der Waals surface area (Å²) in [5.41, 5.74) is 2.62. The van der Waals surface area contributed by atoms with Crippen LogP contribution in [0.1, 0.15) is 0 Å². The molecule has 0 aliphatic carbocycles. The summed E-state index contributed by atoms with van der Waals surface area (Å²) in [4.78, 5) is 0.914. The molecule has 0 saturated carbocycles. The fraction of sp³-hybridized carbons (Fsp3) is 0.286. The van der Waals surface area contributed by atoms with E-state index in [0.717, 1.165) is 21.6 Å². The van der Waals surface area contributed by atoms with Gasteiger partial charge >= 0.3 is 0 Å². The van der Waals surface area contributed by atoms with Crippen LogP contribution in [0.4, 0.5) is 0 Å². The van der Waals surface area contributed by atoms with E-state index in [0.29, 0.717) is 34.5 Å². The van der Waals surface area contributed by atoms with Crippen molar-refractivity contribution >= 4 is 11.5 Å². The van der Waals surface area contributed by atoms with Gasteiger partial charge in [0.25, 0.3) is 0 Å². The van der Waals surface area contributed by atoms with E-state index >= 15 is 0 Å². The Kier molecular flexibility index (Phi) is 6.33. The number of hydrogen-bond donors (Lipinski definition) is 0. The van der Waals surface area contributed by atoms with Crippen molar-refractivity contribution in [3.05, 3.63) is 30.5 Å². The third-order valence-electron chi connectivity index (χ3n) is 4.50. The van der Waals surface area contributed by atoms with Gasteiger partial charge < -0.3 is 28.4 Å². The number of nitrogens with zero attached hydrogens (tertiary/aromatic N) is 1. The number of methoxy groups -OCH3 is 6. The number of ether oxygens (including phenoxy) is 6. The molecule has 8 heteroatoms. The van der Waals surface area contributed by atoms with Gasteiger partial charge in [-0.25, -0.2) is 0 Å². The molecular formula is C21H23NO6S. The Balaban J connectivity index is 2.21. The second-order valence-corrected chi connectivity index (χ2v) is 6.69. The largest absolute Gasteiger partial charge is 0.496 e. The molecule has 2 aromatic carbocycles. The van der Waals surface area contributed by atoms with Gasteiger partial charge in [0.15, 0.2) is 23.0 Å². The first kappa shape index (κ1) is 20.6. The molecule has 0 aliphatic heterocycles. The van der Waals surface area contributed by atoms with E-state index in [1.807, 2.05) is 18.2 Å². The minimum Gasteiger partial charge on any atom is -0.496 e. The van der Waals surface area contributed by atoms with Gasteiger partial charge in [0.2, 0.25) is 5.75 Å². The highest BCUT2D eigenvalue weighted by Crippen LogP contribution is 2.47. The molecule has 1 heterocycles. The topological polar surface area (TPSA) is 68.3 Å². The Hall–Kier alpha value is -3.13. The van der Waals surface area contributed by atoms with Crippen LogP contribution in [0.2, 0.25) is 0 Å². The van der Waals surface area contributed by atoms with Crippen LogP contribution in [0, 0.1) is 0 Å². The second-order valence-electron chi connectivity index (χ2n) is 5.89. The highest BCUT2D eigenvalue weighted by atomic mass is 32.1. The van der Waals surface area contributed by atoms with Gasteiger partial charge in [-0.15, -0.1) is 0 Å². The van der Waals surface area contributed by atoms with Gasteiger partial charge in [-0.1, -0.05) is 0 Å². The third kappa shape index (κ3) is 3.75. The highest BCUT2D eigenvalue weighted by Gasteiger charge is 2.21. The Morgan fingerprint density at radius 2 is 1.14 bits per heavy atom. The molecule has 0 unspecified atom stereocenters. The first-order valence-electron chi connectivity index (χ1n) is 8.67. The second kappa shape index (κ2) is 8.91. The minimum atomic E-state index is 0.534. The predicted octanol–water partition coefficient (Wildman–Crippen LogP) is 4.53. The normalized spacial score (nSPS) is 10.4. The van der Waals surface area contributed by atoms with Gasteiger partial charge in [0, 0.05) is 23.4 Å². The average Bonchev–Trinajstić information content (AvgIpc) is 3.26. The Morgan fingerprint density at radius 1 is 0.586 bits per heavy atom. The van der Waals surface area contributed by atoms with Gasteiger partial charge in [-0.3, -0.25) is 0 Å². The van der Waals surface area contributed by atoms with Crippen LogP contribution in [-0.4, -0.2) is 47.0 Å². The zero-order valence-electron chi connectivity index (χ0n) is 17.2. The van der Waals surface area contributed by atoms with E-state index < -0.39 is 0 Å². The number of benzene rings is 2. The summed E-state index contributed by atoms with van der Waals surface area (Å²) in [6.07, 6.45) is 1.80. The molecule has 1 aromatic heterocycles. The summed E-state index contributed by atoms with van der Waals surface area (Å²) < 4.78 is 37.3. The number of hydrogen-bond acceptors (Lipinski definition) is 8. The van der Waals surface area contributed by atoms with Crippen LogP contribution in [-0.2, 0) is 0 Å². The lowest BCUT2D eigenvalue weighted by atomic mass is 10.0. The molecule has 0 radical (unpaired) electrons. The fourth-order valence-electron chi connectivity index (χ4n) is 3.08. The lowest BCUT2D eigenvalue weighted by molar-refractivity contribution is 0.324. The van der Waals surface area contributed by atoms with Crippen LogP contribution in [0.15, 0.2) is 30.5 Å². The van der Waals surface area contributed by atoms with Crippen LogP contribution in [0.5, 0.6) is 34.5 Å². The quantitative estimate of drug-likeness (QED) is 0.533. The zero-order chi connectivity index (χ0) is 21.0. The Labute approximate surface area is 173 Å². The molecule has 29 heavy (non-hydrogen) atoms. The fourth-order valence-corrected chi connectivity index (χ4v) is 3.87.